The number of piperidine rings is 1. The van der Waals surface area contributed by atoms with Gasteiger partial charge in [-0.3, -0.25) is 4.79 Å². The van der Waals surface area contributed by atoms with E-state index in [1.165, 1.54) is 6.33 Å². The number of carbonyl (C=O) groups is 1. The number of nitrogens with one attached hydrogen (secondary N) is 2. The summed E-state index contributed by atoms with van der Waals surface area (Å²) in [5.41, 5.74) is 0.806. The summed E-state index contributed by atoms with van der Waals surface area (Å²) in [6.07, 6.45) is 2.97. The first-order valence-corrected chi connectivity index (χ1v) is 8.16. The van der Waals surface area contributed by atoms with E-state index in [9.17, 15) is 13.2 Å². The number of carbonyl (C=O) groups excluding carboxylic acids is 1. The highest BCUT2D eigenvalue weighted by atomic mass is 32.2. The van der Waals surface area contributed by atoms with Gasteiger partial charge in [0, 0.05) is 24.7 Å². The van der Waals surface area contributed by atoms with Gasteiger partial charge in [0.05, 0.1) is 6.42 Å². The van der Waals surface area contributed by atoms with Crippen LogP contribution in [0.15, 0.2) is 6.33 Å². The average molecular weight is 312 g/mol. The van der Waals surface area contributed by atoms with Crippen LogP contribution in [0.25, 0.3) is 0 Å². The molecule has 0 bridgehead atoms. The third kappa shape index (κ3) is 3.12. The molecule has 0 unspecified atom stereocenters. The molecule has 1 aromatic heterocycles. The summed E-state index contributed by atoms with van der Waals surface area (Å²) in [5, 5.41) is 7.67. The number of anilines is 2. The SMILES string of the molecule is NS(=O)(=O)NC1CCN(c2ncnc3c2CC(=O)N3)CC1. The van der Waals surface area contributed by atoms with E-state index in [-0.39, 0.29) is 18.4 Å². The smallest absolute Gasteiger partial charge is 0.274 e. The van der Waals surface area contributed by atoms with Crippen molar-refractivity contribution in [2.45, 2.75) is 25.3 Å². The molecule has 2 aliphatic rings. The fraction of sp³-hybridized carbons (Fsp3) is 0.545. The Morgan fingerprint density at radius 3 is 2.71 bits per heavy atom. The van der Waals surface area contributed by atoms with Gasteiger partial charge in [0.25, 0.3) is 10.2 Å². The normalized spacial score (nSPS) is 19.5. The number of fused-ring (bicyclic) bond motifs is 1. The standard InChI is InChI=1S/C11H16N6O3S/c12-21(19,20)16-7-1-3-17(4-2-7)11-8-5-9(18)15-10(8)13-6-14-11/h6-7,16H,1-5H2,(H2,12,19,20)(H,13,14,15,18). The minimum atomic E-state index is -3.67. The number of nitrogens with zero attached hydrogens (tertiary/aromatic N) is 3. The summed E-state index contributed by atoms with van der Waals surface area (Å²) < 4.78 is 24.5. The van der Waals surface area contributed by atoms with Gasteiger partial charge in [0.15, 0.2) is 0 Å². The van der Waals surface area contributed by atoms with Crippen molar-refractivity contribution >= 4 is 27.8 Å². The van der Waals surface area contributed by atoms with Gasteiger partial charge >= 0.3 is 0 Å². The molecule has 1 saturated heterocycles. The van der Waals surface area contributed by atoms with Crippen molar-refractivity contribution in [2.75, 3.05) is 23.3 Å². The largest absolute Gasteiger partial charge is 0.356 e. The molecular formula is C11H16N6O3S. The fourth-order valence-electron chi connectivity index (χ4n) is 2.72. The van der Waals surface area contributed by atoms with E-state index in [1.54, 1.807) is 0 Å². The number of nitrogens with two attached hydrogens (primary N) is 1. The van der Waals surface area contributed by atoms with Crippen molar-refractivity contribution in [2.24, 2.45) is 5.14 Å². The Labute approximate surface area is 122 Å². The van der Waals surface area contributed by atoms with Crippen molar-refractivity contribution in [1.29, 1.82) is 0 Å². The minimum Gasteiger partial charge on any atom is -0.356 e. The lowest BCUT2D eigenvalue weighted by atomic mass is 10.1. The molecule has 0 radical (unpaired) electrons. The first-order chi connectivity index (χ1) is 9.92. The van der Waals surface area contributed by atoms with Gasteiger partial charge in [-0.05, 0) is 12.8 Å². The first-order valence-electron chi connectivity index (χ1n) is 6.61. The van der Waals surface area contributed by atoms with Crippen molar-refractivity contribution < 1.29 is 13.2 Å². The quantitative estimate of drug-likeness (QED) is 0.638. The topological polar surface area (TPSA) is 130 Å². The number of hydrogen-bond acceptors (Lipinski definition) is 6. The molecule has 9 nitrogen and oxygen atoms in total. The summed E-state index contributed by atoms with van der Waals surface area (Å²) in [4.78, 5) is 21.8. The van der Waals surface area contributed by atoms with Gasteiger partial charge in [-0.1, -0.05) is 0 Å². The Bertz CT molecular complexity index is 669. The summed E-state index contributed by atoms with van der Waals surface area (Å²) in [6.45, 7) is 1.29. The Hall–Kier alpha value is -1.78. The second-order valence-electron chi connectivity index (χ2n) is 5.17. The highest BCUT2D eigenvalue weighted by Crippen LogP contribution is 2.30. The molecule has 1 fully saturated rings. The van der Waals surface area contributed by atoms with Crippen LogP contribution in [0.4, 0.5) is 11.6 Å². The van der Waals surface area contributed by atoms with E-state index in [4.69, 9.17) is 5.14 Å². The Kier molecular flexibility index (Phi) is 3.51. The molecule has 4 N–H and O–H groups in total. The predicted octanol–water partition coefficient (Wildman–Crippen LogP) is -1.27. The van der Waals surface area contributed by atoms with Crippen LogP contribution in [0.5, 0.6) is 0 Å². The van der Waals surface area contributed by atoms with Crippen LogP contribution in [0, 0.1) is 0 Å². The molecule has 10 heteroatoms. The van der Waals surface area contributed by atoms with E-state index >= 15 is 0 Å². The molecule has 2 aliphatic heterocycles. The lowest BCUT2D eigenvalue weighted by Crippen LogP contribution is -2.47. The van der Waals surface area contributed by atoms with Gasteiger partial charge in [0.2, 0.25) is 5.91 Å². The second kappa shape index (κ2) is 5.20. The van der Waals surface area contributed by atoms with Crippen LogP contribution < -0.4 is 20.1 Å². The maximum Gasteiger partial charge on any atom is 0.274 e. The predicted molar refractivity (Wildman–Crippen MR) is 75.8 cm³/mol. The molecule has 0 atom stereocenters. The van der Waals surface area contributed by atoms with Gasteiger partial charge in [-0.15, -0.1) is 0 Å². The van der Waals surface area contributed by atoms with E-state index in [1.807, 2.05) is 4.90 Å². The van der Waals surface area contributed by atoms with Crippen LogP contribution in [-0.4, -0.2) is 43.4 Å². The molecular weight excluding hydrogens is 296 g/mol. The number of aromatic nitrogens is 2. The highest BCUT2D eigenvalue weighted by Gasteiger charge is 2.28. The molecule has 0 aliphatic carbocycles. The molecule has 0 aromatic carbocycles. The molecule has 3 rings (SSSR count). The zero-order valence-corrected chi connectivity index (χ0v) is 12.1. The minimum absolute atomic E-state index is 0.0856. The zero-order chi connectivity index (χ0) is 15.0. The third-order valence-electron chi connectivity index (χ3n) is 3.64. The van der Waals surface area contributed by atoms with Crippen LogP contribution in [0.2, 0.25) is 0 Å². The number of rotatable bonds is 3. The van der Waals surface area contributed by atoms with Crippen LogP contribution in [0.1, 0.15) is 18.4 Å². The molecule has 1 amide bonds. The summed E-state index contributed by atoms with van der Waals surface area (Å²) in [7, 11) is -3.67. The number of hydrogen-bond donors (Lipinski definition) is 3. The average Bonchev–Trinajstić information content (AvgIpc) is 2.78. The van der Waals surface area contributed by atoms with Gasteiger partial charge in [-0.25, -0.2) is 15.1 Å². The monoisotopic (exact) mass is 312 g/mol. The van der Waals surface area contributed by atoms with Crippen LogP contribution in [0.3, 0.4) is 0 Å². The number of amides is 1. The van der Waals surface area contributed by atoms with Crippen LogP contribution in [-0.2, 0) is 21.4 Å². The van der Waals surface area contributed by atoms with E-state index < -0.39 is 10.2 Å². The summed E-state index contributed by atoms with van der Waals surface area (Å²) >= 11 is 0. The molecule has 0 saturated carbocycles. The fourth-order valence-corrected chi connectivity index (χ4v) is 3.42. The molecule has 21 heavy (non-hydrogen) atoms. The lowest BCUT2D eigenvalue weighted by molar-refractivity contribution is -0.115. The Morgan fingerprint density at radius 2 is 2.05 bits per heavy atom. The van der Waals surface area contributed by atoms with Crippen molar-refractivity contribution in [3.05, 3.63) is 11.9 Å². The maximum atomic E-state index is 11.5. The third-order valence-corrected chi connectivity index (χ3v) is 4.31. The first kappa shape index (κ1) is 14.2. The summed E-state index contributed by atoms with van der Waals surface area (Å²) in [5.74, 6) is 1.22. The van der Waals surface area contributed by atoms with Crippen molar-refractivity contribution in [1.82, 2.24) is 14.7 Å². The van der Waals surface area contributed by atoms with Gasteiger partial charge in [-0.2, -0.15) is 13.1 Å². The van der Waals surface area contributed by atoms with Gasteiger partial charge in [0.1, 0.15) is 18.0 Å². The van der Waals surface area contributed by atoms with Gasteiger partial charge < -0.3 is 10.2 Å². The summed E-state index contributed by atoms with van der Waals surface area (Å²) in [6, 6.07) is -0.161. The molecule has 3 heterocycles. The van der Waals surface area contributed by atoms with Crippen LogP contribution >= 0.6 is 0 Å². The lowest BCUT2D eigenvalue weighted by Gasteiger charge is -2.33. The molecule has 1 aromatic rings. The molecule has 0 spiro atoms. The van der Waals surface area contributed by atoms with Crippen molar-refractivity contribution in [3.63, 3.8) is 0 Å². The highest BCUT2D eigenvalue weighted by molar-refractivity contribution is 7.87. The second-order valence-corrected chi connectivity index (χ2v) is 6.50. The maximum absolute atomic E-state index is 11.5. The van der Waals surface area contributed by atoms with E-state index in [0.717, 1.165) is 11.4 Å². The zero-order valence-electron chi connectivity index (χ0n) is 11.2. The van der Waals surface area contributed by atoms with E-state index in [0.29, 0.717) is 31.7 Å². The Morgan fingerprint density at radius 1 is 1.33 bits per heavy atom. The Balaban J connectivity index is 1.71. The van der Waals surface area contributed by atoms with E-state index in [2.05, 4.69) is 20.0 Å². The molecule has 114 valence electrons. The van der Waals surface area contributed by atoms with Crippen molar-refractivity contribution in [3.8, 4) is 0 Å².